The number of hydrogen-bond donors (Lipinski definition) is 1. The lowest BCUT2D eigenvalue weighted by Crippen LogP contribution is -2.51. The lowest BCUT2D eigenvalue weighted by atomic mass is 9.93. The highest BCUT2D eigenvalue weighted by Crippen LogP contribution is 2.24. The van der Waals surface area contributed by atoms with E-state index in [1.165, 1.54) is 5.56 Å². The van der Waals surface area contributed by atoms with Crippen LogP contribution in [0.4, 0.5) is 0 Å². The van der Waals surface area contributed by atoms with Gasteiger partial charge in [0.2, 0.25) is 5.91 Å². The minimum absolute atomic E-state index is 0.145. The van der Waals surface area contributed by atoms with Crippen molar-refractivity contribution < 1.29 is 4.79 Å². The summed E-state index contributed by atoms with van der Waals surface area (Å²) in [4.78, 5) is 16.9. The second-order valence-electron chi connectivity index (χ2n) is 5.46. The Morgan fingerprint density at radius 2 is 1.95 bits per heavy atom. The van der Waals surface area contributed by atoms with Crippen LogP contribution < -0.4 is 5.32 Å². The molecule has 1 N–H and O–H groups in total. The lowest BCUT2D eigenvalue weighted by Gasteiger charge is -2.36. The molecule has 4 nitrogen and oxygen atoms in total. The van der Waals surface area contributed by atoms with Gasteiger partial charge in [0, 0.05) is 32.7 Å². The second kappa shape index (κ2) is 5.31. The molecule has 1 atom stereocenters. The molecular weight excluding hydrogens is 238 g/mol. The molecule has 1 fully saturated rings. The maximum atomic E-state index is 12.7. The normalized spacial score (nSPS) is 24.1. The molecule has 2 aliphatic rings. The average molecular weight is 259 g/mol. The van der Waals surface area contributed by atoms with Gasteiger partial charge in [-0.2, -0.15) is 0 Å². The Morgan fingerprint density at radius 1 is 1.21 bits per heavy atom. The van der Waals surface area contributed by atoms with Gasteiger partial charge in [-0.3, -0.25) is 4.79 Å². The molecule has 2 aliphatic heterocycles. The van der Waals surface area contributed by atoms with Crippen molar-refractivity contribution in [2.75, 3.05) is 39.8 Å². The van der Waals surface area contributed by atoms with E-state index in [9.17, 15) is 4.79 Å². The smallest absolute Gasteiger partial charge is 0.244 e. The molecule has 3 rings (SSSR count). The molecule has 102 valence electrons. The van der Waals surface area contributed by atoms with Crippen LogP contribution in [-0.2, 0) is 11.2 Å². The van der Waals surface area contributed by atoms with Crippen LogP contribution in [0, 0.1) is 0 Å². The van der Waals surface area contributed by atoms with Crippen molar-refractivity contribution in [1.29, 1.82) is 0 Å². The van der Waals surface area contributed by atoms with Crippen LogP contribution in [0.3, 0.4) is 0 Å². The predicted molar refractivity (Wildman–Crippen MR) is 75.0 cm³/mol. The van der Waals surface area contributed by atoms with Crippen molar-refractivity contribution in [3.8, 4) is 0 Å². The van der Waals surface area contributed by atoms with Gasteiger partial charge >= 0.3 is 0 Å². The Hall–Kier alpha value is -1.39. The van der Waals surface area contributed by atoms with Gasteiger partial charge in [0.1, 0.15) is 6.04 Å². The molecule has 2 heterocycles. The number of carbonyl (C=O) groups excluding carboxylic acids is 1. The lowest BCUT2D eigenvalue weighted by molar-refractivity contribution is -0.135. The van der Waals surface area contributed by atoms with E-state index in [2.05, 4.69) is 35.5 Å². The number of nitrogens with zero attached hydrogens (tertiary/aromatic N) is 2. The summed E-state index contributed by atoms with van der Waals surface area (Å²) in [6, 6.07) is 8.16. The van der Waals surface area contributed by atoms with E-state index < -0.39 is 0 Å². The van der Waals surface area contributed by atoms with E-state index in [0.717, 1.165) is 44.7 Å². The molecule has 1 aromatic rings. The van der Waals surface area contributed by atoms with E-state index in [1.807, 2.05) is 11.0 Å². The van der Waals surface area contributed by atoms with E-state index >= 15 is 0 Å². The van der Waals surface area contributed by atoms with Gasteiger partial charge in [-0.25, -0.2) is 0 Å². The number of benzene rings is 1. The Balaban J connectivity index is 1.78. The molecular formula is C15H21N3O. The van der Waals surface area contributed by atoms with Crippen LogP contribution in [0.5, 0.6) is 0 Å². The van der Waals surface area contributed by atoms with Gasteiger partial charge in [0.05, 0.1) is 0 Å². The van der Waals surface area contributed by atoms with Gasteiger partial charge in [0.15, 0.2) is 0 Å². The maximum absolute atomic E-state index is 12.7. The maximum Gasteiger partial charge on any atom is 0.244 e. The van der Waals surface area contributed by atoms with Gasteiger partial charge in [-0.05, 0) is 24.6 Å². The van der Waals surface area contributed by atoms with E-state index in [1.54, 1.807) is 0 Å². The number of fused-ring (bicyclic) bond motifs is 1. The highest BCUT2D eigenvalue weighted by molar-refractivity contribution is 5.84. The molecule has 19 heavy (non-hydrogen) atoms. The van der Waals surface area contributed by atoms with Crippen molar-refractivity contribution >= 4 is 5.91 Å². The van der Waals surface area contributed by atoms with Crippen molar-refractivity contribution in [3.05, 3.63) is 35.4 Å². The van der Waals surface area contributed by atoms with Crippen molar-refractivity contribution in [2.45, 2.75) is 12.5 Å². The Morgan fingerprint density at radius 3 is 2.74 bits per heavy atom. The molecule has 0 aromatic heterocycles. The first-order chi connectivity index (χ1) is 9.25. The zero-order chi connectivity index (χ0) is 13.2. The fourth-order valence-corrected chi connectivity index (χ4v) is 2.93. The van der Waals surface area contributed by atoms with E-state index in [4.69, 9.17) is 0 Å². The number of nitrogens with one attached hydrogen (secondary N) is 1. The monoisotopic (exact) mass is 259 g/mol. The SMILES string of the molecule is CN1CCN(C(=O)C2NCCc3ccccc32)CC1. The third kappa shape index (κ3) is 2.51. The number of rotatable bonds is 1. The largest absolute Gasteiger partial charge is 0.338 e. The minimum Gasteiger partial charge on any atom is -0.338 e. The van der Waals surface area contributed by atoms with Crippen LogP contribution in [0.15, 0.2) is 24.3 Å². The highest BCUT2D eigenvalue weighted by Gasteiger charge is 2.30. The third-order valence-corrected chi connectivity index (χ3v) is 4.17. The van der Waals surface area contributed by atoms with Gasteiger partial charge in [-0.1, -0.05) is 24.3 Å². The molecule has 0 radical (unpaired) electrons. The third-order valence-electron chi connectivity index (χ3n) is 4.17. The topological polar surface area (TPSA) is 35.6 Å². The summed E-state index contributed by atoms with van der Waals surface area (Å²) < 4.78 is 0. The summed E-state index contributed by atoms with van der Waals surface area (Å²) in [7, 11) is 2.11. The fraction of sp³-hybridized carbons (Fsp3) is 0.533. The molecule has 1 aromatic carbocycles. The quantitative estimate of drug-likeness (QED) is 0.804. The van der Waals surface area contributed by atoms with E-state index in [0.29, 0.717) is 0 Å². The number of piperazine rings is 1. The Bertz CT molecular complexity index is 466. The van der Waals surface area contributed by atoms with Crippen LogP contribution in [0.2, 0.25) is 0 Å². The number of amides is 1. The van der Waals surface area contributed by atoms with Crippen LogP contribution in [0.1, 0.15) is 17.2 Å². The standard InChI is InChI=1S/C15H21N3O/c1-17-8-10-18(11-9-17)15(19)14-13-5-3-2-4-12(13)6-7-16-14/h2-5,14,16H,6-11H2,1H3. The molecule has 1 saturated heterocycles. The molecule has 4 heteroatoms. The first-order valence-electron chi connectivity index (χ1n) is 7.04. The van der Waals surface area contributed by atoms with Gasteiger partial charge in [-0.15, -0.1) is 0 Å². The average Bonchev–Trinajstić information content (AvgIpc) is 2.47. The first-order valence-corrected chi connectivity index (χ1v) is 7.04. The Kier molecular flexibility index (Phi) is 3.53. The van der Waals surface area contributed by atoms with Crippen molar-refractivity contribution in [2.24, 2.45) is 0 Å². The molecule has 1 unspecified atom stereocenters. The minimum atomic E-state index is -0.145. The van der Waals surface area contributed by atoms with Crippen LogP contribution in [0.25, 0.3) is 0 Å². The zero-order valence-electron chi connectivity index (χ0n) is 11.4. The number of hydrogen-bond acceptors (Lipinski definition) is 3. The van der Waals surface area contributed by atoms with Crippen LogP contribution in [-0.4, -0.2) is 55.5 Å². The van der Waals surface area contributed by atoms with Crippen molar-refractivity contribution in [3.63, 3.8) is 0 Å². The summed E-state index contributed by atoms with van der Waals surface area (Å²) in [5, 5.41) is 3.38. The molecule has 0 bridgehead atoms. The number of likely N-dealkylation sites (N-methyl/N-ethyl adjacent to an activating group) is 1. The Labute approximate surface area is 114 Å². The number of carbonyl (C=O) groups is 1. The molecule has 1 amide bonds. The van der Waals surface area contributed by atoms with Gasteiger partial charge in [0.25, 0.3) is 0 Å². The summed E-state index contributed by atoms with van der Waals surface area (Å²) in [5.74, 6) is 0.236. The summed E-state index contributed by atoms with van der Waals surface area (Å²) in [6.45, 7) is 4.52. The fourth-order valence-electron chi connectivity index (χ4n) is 2.93. The second-order valence-corrected chi connectivity index (χ2v) is 5.46. The summed E-state index contributed by atoms with van der Waals surface area (Å²) in [6.07, 6.45) is 1.02. The predicted octanol–water partition coefficient (Wildman–Crippen LogP) is 0.647. The molecule has 0 spiro atoms. The molecule has 0 saturated carbocycles. The van der Waals surface area contributed by atoms with E-state index in [-0.39, 0.29) is 11.9 Å². The molecule has 0 aliphatic carbocycles. The summed E-state index contributed by atoms with van der Waals surface area (Å²) >= 11 is 0. The first kappa shape index (κ1) is 12.6. The zero-order valence-corrected chi connectivity index (χ0v) is 11.4. The van der Waals surface area contributed by atoms with Gasteiger partial charge < -0.3 is 15.1 Å². The van der Waals surface area contributed by atoms with Crippen molar-refractivity contribution in [1.82, 2.24) is 15.1 Å². The summed E-state index contributed by atoms with van der Waals surface area (Å²) in [5.41, 5.74) is 2.48. The highest BCUT2D eigenvalue weighted by atomic mass is 16.2. The van der Waals surface area contributed by atoms with Crippen LogP contribution >= 0.6 is 0 Å².